The highest BCUT2D eigenvalue weighted by Gasteiger charge is 2.29. The average molecular weight is 433 g/mol. The number of carbonyl (C=O) groups is 1. The van der Waals surface area contributed by atoms with Crippen LogP contribution in [0.3, 0.4) is 0 Å². The third-order valence-corrected chi connectivity index (χ3v) is 8.13. The molecule has 7 nitrogen and oxygen atoms in total. The lowest BCUT2D eigenvalue weighted by Crippen LogP contribution is -2.48. The third-order valence-electron chi connectivity index (χ3n) is 6.31. The van der Waals surface area contributed by atoms with Gasteiger partial charge in [0.05, 0.1) is 23.1 Å². The number of nitrogens with zero attached hydrogens (tertiary/aromatic N) is 4. The molecular formula is C22H32N4O3S. The number of rotatable bonds is 6. The molecule has 1 amide bonds. The number of likely N-dealkylation sites (N-methyl/N-ethyl adjacent to an activating group) is 1. The van der Waals surface area contributed by atoms with Gasteiger partial charge in [0.15, 0.2) is 0 Å². The summed E-state index contributed by atoms with van der Waals surface area (Å²) in [4.78, 5) is 17.3. The minimum Gasteiger partial charge on any atom is -0.341 e. The zero-order chi connectivity index (χ0) is 21.7. The van der Waals surface area contributed by atoms with E-state index in [1.165, 1.54) is 44.2 Å². The van der Waals surface area contributed by atoms with E-state index in [9.17, 15) is 13.2 Å². The van der Waals surface area contributed by atoms with Crippen molar-refractivity contribution in [1.82, 2.24) is 14.1 Å². The first kappa shape index (κ1) is 22.7. The van der Waals surface area contributed by atoms with E-state index in [4.69, 9.17) is 5.26 Å². The Labute approximate surface area is 180 Å². The van der Waals surface area contributed by atoms with Crippen molar-refractivity contribution in [2.75, 3.05) is 46.3 Å². The third kappa shape index (κ3) is 5.60. The maximum Gasteiger partial charge on any atom is 0.243 e. The Hall–Kier alpha value is -1.95. The summed E-state index contributed by atoms with van der Waals surface area (Å²) in [6.45, 7) is 6.83. The topological polar surface area (TPSA) is 84.7 Å². The van der Waals surface area contributed by atoms with Crippen molar-refractivity contribution < 1.29 is 13.2 Å². The summed E-state index contributed by atoms with van der Waals surface area (Å²) >= 11 is 0. The molecule has 1 aromatic rings. The molecule has 2 aliphatic rings. The minimum atomic E-state index is -3.77. The van der Waals surface area contributed by atoms with Gasteiger partial charge in [-0.1, -0.05) is 6.92 Å². The molecule has 164 valence electrons. The second-order valence-electron chi connectivity index (χ2n) is 8.73. The molecule has 8 heteroatoms. The summed E-state index contributed by atoms with van der Waals surface area (Å²) in [5.74, 6) is 1.11. The van der Waals surface area contributed by atoms with Gasteiger partial charge in [-0.3, -0.25) is 4.79 Å². The lowest BCUT2D eigenvalue weighted by molar-refractivity contribution is -0.133. The minimum absolute atomic E-state index is 0.0904. The second-order valence-corrected chi connectivity index (χ2v) is 10.8. The van der Waals surface area contributed by atoms with Crippen molar-refractivity contribution in [3.8, 4) is 6.07 Å². The van der Waals surface area contributed by atoms with Crippen LogP contribution >= 0.6 is 0 Å². The van der Waals surface area contributed by atoms with Crippen LogP contribution in [0.1, 0.15) is 38.2 Å². The van der Waals surface area contributed by atoms with Crippen molar-refractivity contribution in [2.45, 2.75) is 37.5 Å². The number of amides is 1. The molecule has 0 aromatic heterocycles. The van der Waals surface area contributed by atoms with Crippen LogP contribution in [0.25, 0.3) is 0 Å². The Morgan fingerprint density at radius 1 is 1.17 bits per heavy atom. The first-order valence-electron chi connectivity index (χ1n) is 10.8. The van der Waals surface area contributed by atoms with Gasteiger partial charge >= 0.3 is 0 Å². The Kier molecular flexibility index (Phi) is 7.50. The Bertz CT molecular complexity index is 871. The van der Waals surface area contributed by atoms with Gasteiger partial charge in [-0.2, -0.15) is 9.57 Å². The molecule has 0 aliphatic carbocycles. The summed E-state index contributed by atoms with van der Waals surface area (Å²) in [5.41, 5.74) is 0.398. The molecule has 3 rings (SSSR count). The van der Waals surface area contributed by atoms with E-state index < -0.39 is 10.0 Å². The number of benzene rings is 1. The fourth-order valence-electron chi connectivity index (χ4n) is 4.31. The van der Waals surface area contributed by atoms with Crippen LogP contribution in [0.4, 0.5) is 0 Å². The van der Waals surface area contributed by atoms with E-state index in [2.05, 4.69) is 11.8 Å². The molecule has 0 spiro atoms. The highest BCUT2D eigenvalue weighted by molar-refractivity contribution is 7.89. The fourth-order valence-corrected chi connectivity index (χ4v) is 5.43. The van der Waals surface area contributed by atoms with E-state index in [1.807, 2.05) is 11.0 Å². The largest absolute Gasteiger partial charge is 0.341 e. The first-order chi connectivity index (χ1) is 14.3. The number of likely N-dealkylation sites (tertiary alicyclic amines) is 2. The predicted octanol–water partition coefficient (Wildman–Crippen LogP) is 2.15. The average Bonchev–Trinajstić information content (AvgIpc) is 2.75. The molecule has 2 heterocycles. The number of sulfonamides is 1. The molecule has 30 heavy (non-hydrogen) atoms. The Morgan fingerprint density at radius 2 is 1.83 bits per heavy atom. The van der Waals surface area contributed by atoms with Crippen LogP contribution in [0.5, 0.6) is 0 Å². The normalized spacial score (nSPS) is 21.5. The van der Waals surface area contributed by atoms with E-state index in [0.29, 0.717) is 24.6 Å². The molecule has 2 saturated heterocycles. The summed E-state index contributed by atoms with van der Waals surface area (Å²) in [6, 6.07) is 7.73. The zero-order valence-electron chi connectivity index (χ0n) is 18.0. The molecule has 1 aromatic carbocycles. The van der Waals surface area contributed by atoms with E-state index in [-0.39, 0.29) is 17.3 Å². The van der Waals surface area contributed by atoms with Crippen LogP contribution in [0.2, 0.25) is 0 Å². The van der Waals surface area contributed by atoms with Crippen molar-refractivity contribution in [3.63, 3.8) is 0 Å². The Balaban J connectivity index is 1.55. The van der Waals surface area contributed by atoms with Gasteiger partial charge in [-0.25, -0.2) is 8.42 Å². The standard InChI is InChI=1S/C22H32N4O3S/c1-18-9-12-25(13-10-18)15-20-4-3-11-26(16-20)22(27)17-24(2)30(28,29)21-7-5-19(14-23)6-8-21/h5-8,18,20H,3-4,9-13,15-17H2,1-2H3. The predicted molar refractivity (Wildman–Crippen MR) is 115 cm³/mol. The van der Waals surface area contributed by atoms with Gasteiger partial charge in [0.25, 0.3) is 0 Å². The van der Waals surface area contributed by atoms with Gasteiger partial charge in [0.1, 0.15) is 0 Å². The number of nitriles is 1. The quantitative estimate of drug-likeness (QED) is 0.688. The lowest BCUT2D eigenvalue weighted by Gasteiger charge is -2.38. The van der Waals surface area contributed by atoms with Crippen molar-refractivity contribution in [1.29, 1.82) is 5.26 Å². The van der Waals surface area contributed by atoms with E-state index in [0.717, 1.165) is 42.7 Å². The first-order valence-corrected chi connectivity index (χ1v) is 12.2. The smallest absolute Gasteiger partial charge is 0.243 e. The molecule has 2 aliphatic heterocycles. The monoisotopic (exact) mass is 432 g/mol. The maximum absolute atomic E-state index is 12.8. The highest BCUT2D eigenvalue weighted by atomic mass is 32.2. The van der Waals surface area contributed by atoms with Crippen LogP contribution in [0.15, 0.2) is 29.2 Å². The van der Waals surface area contributed by atoms with Crippen molar-refractivity contribution in [2.24, 2.45) is 11.8 Å². The lowest BCUT2D eigenvalue weighted by atomic mass is 9.94. The molecule has 2 fully saturated rings. The van der Waals surface area contributed by atoms with Gasteiger partial charge in [-0.15, -0.1) is 0 Å². The van der Waals surface area contributed by atoms with Gasteiger partial charge in [-0.05, 0) is 74.9 Å². The molecule has 1 atom stereocenters. The molecule has 0 N–H and O–H groups in total. The maximum atomic E-state index is 12.8. The number of piperidine rings is 2. The van der Waals surface area contributed by atoms with Crippen molar-refractivity contribution in [3.05, 3.63) is 29.8 Å². The Morgan fingerprint density at radius 3 is 2.47 bits per heavy atom. The molecular weight excluding hydrogens is 400 g/mol. The van der Waals surface area contributed by atoms with Gasteiger partial charge in [0, 0.05) is 26.7 Å². The fraction of sp³-hybridized carbons (Fsp3) is 0.636. The molecule has 0 saturated carbocycles. The summed E-state index contributed by atoms with van der Waals surface area (Å²) in [7, 11) is -2.34. The van der Waals surface area contributed by atoms with E-state index in [1.54, 1.807) is 0 Å². The molecule has 1 unspecified atom stereocenters. The number of hydrogen-bond donors (Lipinski definition) is 0. The molecule has 0 bridgehead atoms. The van der Waals surface area contributed by atoms with Crippen LogP contribution in [-0.2, 0) is 14.8 Å². The van der Waals surface area contributed by atoms with Crippen LogP contribution in [0, 0.1) is 23.2 Å². The van der Waals surface area contributed by atoms with Gasteiger partial charge in [0.2, 0.25) is 15.9 Å². The van der Waals surface area contributed by atoms with Crippen LogP contribution in [-0.4, -0.2) is 74.7 Å². The second kappa shape index (κ2) is 9.90. The number of hydrogen-bond acceptors (Lipinski definition) is 5. The van der Waals surface area contributed by atoms with Crippen LogP contribution < -0.4 is 0 Å². The highest BCUT2D eigenvalue weighted by Crippen LogP contribution is 2.22. The van der Waals surface area contributed by atoms with E-state index >= 15 is 0 Å². The summed E-state index contributed by atoms with van der Waals surface area (Å²) in [6.07, 6.45) is 4.57. The number of carbonyl (C=O) groups excluding carboxylic acids is 1. The van der Waals surface area contributed by atoms with Gasteiger partial charge < -0.3 is 9.80 Å². The summed E-state index contributed by atoms with van der Waals surface area (Å²) in [5, 5.41) is 8.88. The zero-order valence-corrected chi connectivity index (χ0v) is 18.8. The molecule has 0 radical (unpaired) electrons. The van der Waals surface area contributed by atoms with Crippen molar-refractivity contribution >= 4 is 15.9 Å². The summed E-state index contributed by atoms with van der Waals surface area (Å²) < 4.78 is 26.6. The SMILES string of the molecule is CC1CCN(CC2CCCN(C(=O)CN(C)S(=O)(=O)c3ccc(C#N)cc3)C2)CC1.